The van der Waals surface area contributed by atoms with Crippen LogP contribution < -0.4 is 4.90 Å². The Labute approximate surface area is 215 Å². The molecule has 6 nitrogen and oxygen atoms in total. The van der Waals surface area contributed by atoms with Crippen molar-refractivity contribution in [2.24, 2.45) is 0 Å². The van der Waals surface area contributed by atoms with Gasteiger partial charge in [0.05, 0.1) is 17.9 Å². The molecule has 4 heterocycles. The van der Waals surface area contributed by atoms with Crippen LogP contribution in [0.1, 0.15) is 24.8 Å². The zero-order valence-electron chi connectivity index (χ0n) is 19.6. The van der Waals surface area contributed by atoms with Crippen molar-refractivity contribution >= 4 is 29.0 Å². The quantitative estimate of drug-likeness (QED) is 0.409. The molecule has 0 N–H and O–H groups in total. The summed E-state index contributed by atoms with van der Waals surface area (Å²) >= 11 is 12.6. The number of nitrogens with zero attached hydrogens (tertiary/aromatic N) is 5. The summed E-state index contributed by atoms with van der Waals surface area (Å²) in [5.41, 5.74) is 2.08. The third-order valence-electron chi connectivity index (χ3n) is 7.15. The molecule has 0 spiro atoms. The van der Waals surface area contributed by atoms with E-state index in [0.717, 1.165) is 68.5 Å². The Balaban J connectivity index is 1.20. The standard InChI is InChI=1S/C26H30Cl2FN5O/c27-21-3-1-19(2-4-21)16-32-9-6-22(7-10-32)34-12-11-33(17-23(34)5-8-29)26-24(28)13-20(14-31-26)25-15-30-18-35-25/h1-4,13-15,18,22-23H,5-12,16-17H2/t23-/m0/s1. The zero-order chi connectivity index (χ0) is 24.2. The largest absolute Gasteiger partial charge is 0.443 e. The molecule has 3 aromatic rings. The van der Waals surface area contributed by atoms with Crippen LogP contribution in [0.3, 0.4) is 0 Å². The van der Waals surface area contributed by atoms with E-state index in [0.29, 0.717) is 23.2 Å². The SMILES string of the molecule is FCC[C@H]1CN(c2ncc(-c3cnco3)cc2Cl)CCN1C1CCN(Cc2ccc(Cl)cc2)CC1. The van der Waals surface area contributed by atoms with Crippen molar-refractivity contribution in [2.75, 3.05) is 44.3 Å². The van der Waals surface area contributed by atoms with E-state index in [9.17, 15) is 4.39 Å². The van der Waals surface area contributed by atoms with Crippen LogP contribution in [0.4, 0.5) is 10.2 Å². The number of oxazole rings is 1. The predicted octanol–water partition coefficient (Wildman–Crippen LogP) is 5.56. The van der Waals surface area contributed by atoms with E-state index in [-0.39, 0.29) is 12.7 Å². The number of rotatable bonds is 7. The molecule has 35 heavy (non-hydrogen) atoms. The minimum absolute atomic E-state index is 0.147. The third-order valence-corrected chi connectivity index (χ3v) is 7.68. The van der Waals surface area contributed by atoms with Crippen LogP contribution in [-0.2, 0) is 6.54 Å². The molecule has 0 amide bonds. The fourth-order valence-electron chi connectivity index (χ4n) is 5.34. The first-order chi connectivity index (χ1) is 17.1. The molecule has 186 valence electrons. The van der Waals surface area contributed by atoms with Crippen molar-refractivity contribution in [1.29, 1.82) is 0 Å². The van der Waals surface area contributed by atoms with E-state index in [4.69, 9.17) is 27.6 Å². The molecule has 5 rings (SSSR count). The number of halogens is 3. The number of benzene rings is 1. The molecule has 1 aromatic carbocycles. The maximum Gasteiger partial charge on any atom is 0.181 e. The smallest absolute Gasteiger partial charge is 0.181 e. The van der Waals surface area contributed by atoms with Gasteiger partial charge in [-0.05, 0) is 56.1 Å². The minimum Gasteiger partial charge on any atom is -0.443 e. The number of likely N-dealkylation sites (tertiary alicyclic amines) is 1. The maximum absolute atomic E-state index is 13.5. The summed E-state index contributed by atoms with van der Waals surface area (Å²) in [5, 5.41) is 1.34. The van der Waals surface area contributed by atoms with Gasteiger partial charge in [0.1, 0.15) is 5.82 Å². The minimum atomic E-state index is -0.323. The first kappa shape index (κ1) is 24.5. The molecule has 0 unspecified atom stereocenters. The highest BCUT2D eigenvalue weighted by atomic mass is 35.5. The second kappa shape index (κ2) is 11.2. The summed E-state index contributed by atoms with van der Waals surface area (Å²) in [6.45, 7) is 5.15. The number of hydrogen-bond donors (Lipinski definition) is 0. The van der Waals surface area contributed by atoms with Gasteiger partial charge >= 0.3 is 0 Å². The van der Waals surface area contributed by atoms with Crippen molar-refractivity contribution in [2.45, 2.75) is 37.9 Å². The van der Waals surface area contributed by atoms with Crippen molar-refractivity contribution in [3.8, 4) is 11.3 Å². The second-order valence-corrected chi connectivity index (χ2v) is 10.2. The molecule has 2 aromatic heterocycles. The number of pyridine rings is 1. The van der Waals surface area contributed by atoms with Gasteiger partial charge in [0.25, 0.3) is 0 Å². The second-order valence-electron chi connectivity index (χ2n) is 9.34. The topological polar surface area (TPSA) is 48.6 Å². The summed E-state index contributed by atoms with van der Waals surface area (Å²) < 4.78 is 18.9. The average Bonchev–Trinajstić information content (AvgIpc) is 3.41. The van der Waals surface area contributed by atoms with Crippen molar-refractivity contribution in [3.05, 3.63) is 64.7 Å². The van der Waals surface area contributed by atoms with Crippen LogP contribution in [0.2, 0.25) is 10.0 Å². The summed E-state index contributed by atoms with van der Waals surface area (Å²) in [4.78, 5) is 15.8. The van der Waals surface area contributed by atoms with Gasteiger partial charge in [-0.25, -0.2) is 9.97 Å². The molecule has 0 saturated carbocycles. The summed E-state index contributed by atoms with van der Waals surface area (Å²) in [7, 11) is 0. The van der Waals surface area contributed by atoms with Gasteiger partial charge in [0.15, 0.2) is 12.2 Å². The van der Waals surface area contributed by atoms with Gasteiger partial charge in [-0.2, -0.15) is 0 Å². The Bertz CT molecular complexity index is 1090. The van der Waals surface area contributed by atoms with Crippen LogP contribution >= 0.6 is 23.2 Å². The van der Waals surface area contributed by atoms with Crippen LogP contribution in [0.25, 0.3) is 11.3 Å². The fourth-order valence-corrected chi connectivity index (χ4v) is 5.75. The number of anilines is 1. The van der Waals surface area contributed by atoms with E-state index >= 15 is 0 Å². The van der Waals surface area contributed by atoms with E-state index in [2.05, 4.69) is 36.8 Å². The van der Waals surface area contributed by atoms with Gasteiger partial charge < -0.3 is 9.32 Å². The fraction of sp³-hybridized carbons (Fsp3) is 0.462. The molecule has 0 radical (unpaired) electrons. The summed E-state index contributed by atoms with van der Waals surface area (Å²) in [5.74, 6) is 1.38. The number of hydrogen-bond acceptors (Lipinski definition) is 6. The summed E-state index contributed by atoms with van der Waals surface area (Å²) in [6, 6.07) is 10.6. The Hall–Kier alpha value is -2.19. The first-order valence-corrected chi connectivity index (χ1v) is 12.9. The highest BCUT2D eigenvalue weighted by Gasteiger charge is 2.34. The molecule has 2 saturated heterocycles. The molecule has 2 aliphatic rings. The third kappa shape index (κ3) is 5.80. The van der Waals surface area contributed by atoms with Crippen molar-refractivity contribution < 1.29 is 8.81 Å². The van der Waals surface area contributed by atoms with Crippen LogP contribution in [0.15, 0.2) is 53.5 Å². The molecule has 0 aliphatic carbocycles. The molecule has 2 aliphatic heterocycles. The lowest BCUT2D eigenvalue weighted by atomic mass is 9.97. The van der Waals surface area contributed by atoms with Gasteiger partial charge in [-0.3, -0.25) is 14.2 Å². The molecule has 1 atom stereocenters. The maximum atomic E-state index is 13.5. The van der Waals surface area contributed by atoms with Gasteiger partial charge in [0, 0.05) is 55.0 Å². The first-order valence-electron chi connectivity index (χ1n) is 12.2. The Morgan fingerprint density at radius 2 is 1.83 bits per heavy atom. The predicted molar refractivity (Wildman–Crippen MR) is 138 cm³/mol. The Morgan fingerprint density at radius 1 is 1.03 bits per heavy atom. The monoisotopic (exact) mass is 517 g/mol. The van der Waals surface area contributed by atoms with Gasteiger partial charge in [-0.15, -0.1) is 0 Å². The van der Waals surface area contributed by atoms with Gasteiger partial charge in [-0.1, -0.05) is 35.3 Å². The van der Waals surface area contributed by atoms with E-state index in [1.807, 2.05) is 18.2 Å². The van der Waals surface area contributed by atoms with E-state index < -0.39 is 0 Å². The number of aromatic nitrogens is 2. The highest BCUT2D eigenvalue weighted by molar-refractivity contribution is 6.33. The lowest BCUT2D eigenvalue weighted by Gasteiger charge is -2.48. The Kier molecular flexibility index (Phi) is 7.88. The lowest BCUT2D eigenvalue weighted by molar-refractivity contribution is 0.0566. The number of piperazine rings is 1. The number of alkyl halides is 1. The van der Waals surface area contributed by atoms with Crippen LogP contribution in [0.5, 0.6) is 0 Å². The zero-order valence-corrected chi connectivity index (χ0v) is 21.1. The Morgan fingerprint density at radius 3 is 2.51 bits per heavy atom. The highest BCUT2D eigenvalue weighted by Crippen LogP contribution is 2.32. The summed E-state index contributed by atoms with van der Waals surface area (Å²) in [6.07, 6.45) is 7.51. The van der Waals surface area contributed by atoms with Crippen molar-refractivity contribution in [3.63, 3.8) is 0 Å². The van der Waals surface area contributed by atoms with Crippen molar-refractivity contribution in [1.82, 2.24) is 19.8 Å². The molecular formula is C26H30Cl2FN5O. The van der Waals surface area contributed by atoms with E-state index in [1.165, 1.54) is 12.0 Å². The van der Waals surface area contributed by atoms with Gasteiger partial charge in [0.2, 0.25) is 0 Å². The average molecular weight is 518 g/mol. The van der Waals surface area contributed by atoms with Crippen LogP contribution in [0, 0.1) is 0 Å². The molecule has 9 heteroatoms. The molecular weight excluding hydrogens is 488 g/mol. The van der Waals surface area contributed by atoms with Crippen LogP contribution in [-0.4, -0.2) is 71.2 Å². The normalized spacial score (nSPS) is 20.4. The van der Waals surface area contributed by atoms with E-state index in [1.54, 1.807) is 12.4 Å². The molecule has 0 bridgehead atoms. The molecule has 2 fully saturated rings. The number of piperidine rings is 1. The lowest BCUT2D eigenvalue weighted by Crippen LogP contribution is -2.58.